The monoisotopic (exact) mass is 328 g/mol. The number of rotatable bonds is 3. The first-order chi connectivity index (χ1) is 11.3. The number of imidazole rings is 1. The molecule has 1 fully saturated rings. The van der Waals surface area contributed by atoms with E-state index in [0.29, 0.717) is 5.92 Å². The van der Waals surface area contributed by atoms with Crippen molar-refractivity contribution in [3.63, 3.8) is 0 Å². The summed E-state index contributed by atoms with van der Waals surface area (Å²) in [5, 5.41) is 3.07. The van der Waals surface area contributed by atoms with Gasteiger partial charge in [0.05, 0.1) is 22.4 Å². The third-order valence-corrected chi connectivity index (χ3v) is 4.77. The van der Waals surface area contributed by atoms with Gasteiger partial charge in [0.2, 0.25) is 5.91 Å². The highest BCUT2D eigenvalue weighted by atomic mass is 16.2. The van der Waals surface area contributed by atoms with E-state index >= 15 is 0 Å². The van der Waals surface area contributed by atoms with Crippen LogP contribution in [0.5, 0.6) is 0 Å². The molecule has 0 spiro atoms. The Labute approximate surface area is 143 Å². The molecule has 0 aliphatic heterocycles. The van der Waals surface area contributed by atoms with Crippen molar-refractivity contribution in [2.45, 2.75) is 52.4 Å². The van der Waals surface area contributed by atoms with Crippen LogP contribution < -0.4 is 10.2 Å². The van der Waals surface area contributed by atoms with Crippen LogP contribution in [-0.4, -0.2) is 30.0 Å². The number of anilines is 2. The Morgan fingerprint density at radius 3 is 2.50 bits per heavy atom. The predicted molar refractivity (Wildman–Crippen MR) is 99.7 cm³/mol. The van der Waals surface area contributed by atoms with Crippen LogP contribution in [0.15, 0.2) is 12.1 Å². The predicted octanol–water partition coefficient (Wildman–Crippen LogP) is 4.27. The summed E-state index contributed by atoms with van der Waals surface area (Å²) < 4.78 is 0. The zero-order valence-corrected chi connectivity index (χ0v) is 15.4. The molecule has 1 aliphatic carbocycles. The Hall–Kier alpha value is -2.04. The smallest absolute Gasteiger partial charge is 0.229 e. The topological polar surface area (TPSA) is 61.0 Å². The maximum atomic E-state index is 12.4. The Morgan fingerprint density at radius 1 is 1.25 bits per heavy atom. The maximum Gasteiger partial charge on any atom is 0.229 e. The van der Waals surface area contributed by atoms with Gasteiger partial charge in [0, 0.05) is 25.4 Å². The average Bonchev–Trinajstić information content (AvgIpc) is 3.13. The fraction of sp³-hybridized carbons (Fsp3) is 0.579. The minimum absolute atomic E-state index is 0.0143. The molecule has 1 saturated carbocycles. The van der Waals surface area contributed by atoms with Gasteiger partial charge in [-0.2, -0.15) is 0 Å². The second-order valence-corrected chi connectivity index (χ2v) is 8.09. The van der Waals surface area contributed by atoms with Crippen molar-refractivity contribution >= 4 is 28.3 Å². The van der Waals surface area contributed by atoms with Gasteiger partial charge in [-0.1, -0.05) is 33.6 Å². The summed E-state index contributed by atoms with van der Waals surface area (Å²) in [6.45, 7) is 5.76. The number of hydrogen-bond acceptors (Lipinski definition) is 3. The Balaban J connectivity index is 2.00. The van der Waals surface area contributed by atoms with Crippen LogP contribution in [0.25, 0.3) is 11.0 Å². The van der Waals surface area contributed by atoms with Gasteiger partial charge >= 0.3 is 0 Å². The van der Waals surface area contributed by atoms with E-state index in [1.54, 1.807) is 0 Å². The lowest BCUT2D eigenvalue weighted by molar-refractivity contribution is -0.123. The Bertz CT molecular complexity index is 749. The molecule has 5 nitrogen and oxygen atoms in total. The van der Waals surface area contributed by atoms with E-state index in [1.165, 1.54) is 25.7 Å². The van der Waals surface area contributed by atoms with E-state index in [9.17, 15) is 4.79 Å². The second kappa shape index (κ2) is 6.11. The molecule has 1 aromatic heterocycles. The van der Waals surface area contributed by atoms with Gasteiger partial charge in [-0.25, -0.2) is 4.98 Å². The maximum absolute atomic E-state index is 12.4. The van der Waals surface area contributed by atoms with Crippen LogP contribution >= 0.6 is 0 Å². The highest BCUT2D eigenvalue weighted by Crippen LogP contribution is 2.36. The molecule has 2 aromatic rings. The molecule has 2 N–H and O–H groups in total. The SMILES string of the molecule is CN(C)c1cc2nc(C3CCCC3)[nH]c2cc1NC(=O)C(C)(C)C. The molecule has 1 aliphatic rings. The molecule has 1 aromatic carbocycles. The summed E-state index contributed by atoms with van der Waals surface area (Å²) in [4.78, 5) is 22.7. The van der Waals surface area contributed by atoms with Gasteiger partial charge in [0.25, 0.3) is 0 Å². The molecule has 0 saturated heterocycles. The lowest BCUT2D eigenvalue weighted by Gasteiger charge is -2.22. The van der Waals surface area contributed by atoms with Crippen molar-refractivity contribution in [3.05, 3.63) is 18.0 Å². The fourth-order valence-electron chi connectivity index (χ4n) is 3.24. The van der Waals surface area contributed by atoms with Crippen LogP contribution in [0.1, 0.15) is 58.2 Å². The molecule has 0 unspecified atom stereocenters. The number of amides is 1. The summed E-state index contributed by atoms with van der Waals surface area (Å²) in [5.74, 6) is 1.65. The van der Waals surface area contributed by atoms with E-state index in [1.807, 2.05) is 45.8 Å². The molecule has 0 radical (unpaired) electrons. The zero-order valence-electron chi connectivity index (χ0n) is 15.4. The van der Waals surface area contributed by atoms with Crippen molar-refractivity contribution in [2.75, 3.05) is 24.3 Å². The number of nitrogens with zero attached hydrogens (tertiary/aromatic N) is 2. The van der Waals surface area contributed by atoms with Gasteiger partial charge in [0.1, 0.15) is 5.82 Å². The largest absolute Gasteiger partial charge is 0.376 e. The van der Waals surface area contributed by atoms with Gasteiger partial charge in [-0.15, -0.1) is 0 Å². The van der Waals surface area contributed by atoms with Crippen LogP contribution in [0.4, 0.5) is 11.4 Å². The molecule has 0 atom stereocenters. The van der Waals surface area contributed by atoms with Crippen molar-refractivity contribution in [1.29, 1.82) is 0 Å². The third kappa shape index (κ3) is 3.25. The minimum Gasteiger partial charge on any atom is -0.376 e. The van der Waals surface area contributed by atoms with E-state index in [2.05, 4.69) is 16.4 Å². The first-order valence-electron chi connectivity index (χ1n) is 8.78. The Kier molecular flexibility index (Phi) is 4.28. The summed E-state index contributed by atoms with van der Waals surface area (Å²) >= 11 is 0. The van der Waals surface area contributed by atoms with Crippen LogP contribution in [0.2, 0.25) is 0 Å². The summed E-state index contributed by atoms with van der Waals surface area (Å²) in [6.07, 6.45) is 5.01. The number of fused-ring (bicyclic) bond motifs is 1. The van der Waals surface area contributed by atoms with E-state index in [-0.39, 0.29) is 5.91 Å². The summed E-state index contributed by atoms with van der Waals surface area (Å²) in [6, 6.07) is 4.07. The van der Waals surface area contributed by atoms with Gasteiger partial charge in [-0.3, -0.25) is 4.79 Å². The second-order valence-electron chi connectivity index (χ2n) is 8.09. The molecule has 1 heterocycles. The number of hydrogen-bond donors (Lipinski definition) is 2. The standard InChI is InChI=1S/C19H28N4O/c1-19(2,3)18(24)22-15-10-13-14(11-16(15)23(4)5)21-17(20-13)12-8-6-7-9-12/h10-12H,6-9H2,1-5H3,(H,20,21)(H,22,24). The van der Waals surface area contributed by atoms with E-state index in [4.69, 9.17) is 4.98 Å². The highest BCUT2D eigenvalue weighted by molar-refractivity contribution is 6.00. The third-order valence-electron chi connectivity index (χ3n) is 4.77. The van der Waals surface area contributed by atoms with Crippen LogP contribution in [0.3, 0.4) is 0 Å². The number of carbonyl (C=O) groups excluding carboxylic acids is 1. The normalized spacial score (nSPS) is 15.9. The molecule has 3 rings (SSSR count). The molecular formula is C19H28N4O. The van der Waals surface area contributed by atoms with Crippen LogP contribution in [0, 0.1) is 5.41 Å². The first-order valence-corrected chi connectivity index (χ1v) is 8.78. The molecule has 0 bridgehead atoms. The average molecular weight is 328 g/mol. The minimum atomic E-state index is -0.429. The number of aromatic nitrogens is 2. The lowest BCUT2D eigenvalue weighted by Crippen LogP contribution is -2.28. The van der Waals surface area contributed by atoms with Crippen molar-refractivity contribution in [2.24, 2.45) is 5.41 Å². The van der Waals surface area contributed by atoms with Crippen LogP contribution in [-0.2, 0) is 4.79 Å². The summed E-state index contributed by atoms with van der Waals surface area (Å²) in [5.41, 5.74) is 3.33. The highest BCUT2D eigenvalue weighted by Gasteiger charge is 2.24. The number of H-pyrrole nitrogens is 1. The van der Waals surface area contributed by atoms with Gasteiger partial charge in [0.15, 0.2) is 0 Å². The molecule has 24 heavy (non-hydrogen) atoms. The molecular weight excluding hydrogens is 300 g/mol. The Morgan fingerprint density at radius 2 is 1.92 bits per heavy atom. The lowest BCUT2D eigenvalue weighted by atomic mass is 9.95. The number of nitrogens with one attached hydrogen (secondary N) is 2. The van der Waals surface area contributed by atoms with Crippen molar-refractivity contribution < 1.29 is 4.79 Å². The van der Waals surface area contributed by atoms with Gasteiger partial charge in [-0.05, 0) is 25.0 Å². The number of aromatic amines is 1. The number of carbonyl (C=O) groups is 1. The van der Waals surface area contributed by atoms with E-state index in [0.717, 1.165) is 28.2 Å². The fourth-order valence-corrected chi connectivity index (χ4v) is 3.24. The summed E-state index contributed by atoms with van der Waals surface area (Å²) in [7, 11) is 3.97. The molecule has 1 amide bonds. The zero-order chi connectivity index (χ0) is 17.5. The number of benzene rings is 1. The van der Waals surface area contributed by atoms with Crippen molar-refractivity contribution in [1.82, 2.24) is 9.97 Å². The molecule has 130 valence electrons. The van der Waals surface area contributed by atoms with E-state index < -0.39 is 5.41 Å². The van der Waals surface area contributed by atoms with Crippen molar-refractivity contribution in [3.8, 4) is 0 Å². The first kappa shape index (κ1) is 16.8. The quantitative estimate of drug-likeness (QED) is 0.884. The van der Waals surface area contributed by atoms with Gasteiger partial charge < -0.3 is 15.2 Å². The molecule has 5 heteroatoms.